The molecule has 0 spiro atoms. The first-order chi connectivity index (χ1) is 14.8. The largest absolute Gasteiger partial charge is 0.466 e. The molecular formula is C25H28N4O2. The number of rotatable bonds is 5. The Balaban J connectivity index is 1.81. The van der Waals surface area contributed by atoms with E-state index in [9.17, 15) is 4.79 Å². The third kappa shape index (κ3) is 3.85. The molecule has 1 atom stereocenters. The lowest BCUT2D eigenvalue weighted by Gasteiger charge is -2.17. The fraction of sp³-hybridized carbons (Fsp3) is 0.320. The molecule has 0 fully saturated rings. The Hall–Kier alpha value is -3.41. The van der Waals surface area contributed by atoms with E-state index >= 15 is 0 Å². The van der Waals surface area contributed by atoms with E-state index in [4.69, 9.17) is 9.40 Å². The van der Waals surface area contributed by atoms with Crippen LogP contribution >= 0.6 is 0 Å². The Morgan fingerprint density at radius 3 is 2.48 bits per heavy atom. The van der Waals surface area contributed by atoms with Gasteiger partial charge in [-0.05, 0) is 64.8 Å². The van der Waals surface area contributed by atoms with Gasteiger partial charge in [-0.1, -0.05) is 24.3 Å². The molecule has 3 heterocycles. The molecule has 0 saturated carbocycles. The molecule has 1 aromatic carbocycles. The Kier molecular flexibility index (Phi) is 5.39. The second kappa shape index (κ2) is 8.02. The molecule has 0 aliphatic heterocycles. The molecule has 0 aliphatic rings. The lowest BCUT2D eigenvalue weighted by Crippen LogP contribution is -2.27. The molecule has 6 heteroatoms. The highest BCUT2D eigenvalue weighted by molar-refractivity contribution is 6.06. The summed E-state index contributed by atoms with van der Waals surface area (Å²) in [4.78, 5) is 18.3. The number of carbonyl (C=O) groups is 1. The van der Waals surface area contributed by atoms with Gasteiger partial charge < -0.3 is 9.73 Å². The molecule has 0 aliphatic carbocycles. The second-order valence-corrected chi connectivity index (χ2v) is 8.35. The molecule has 31 heavy (non-hydrogen) atoms. The van der Waals surface area contributed by atoms with E-state index in [1.807, 2.05) is 69.6 Å². The van der Waals surface area contributed by atoms with Gasteiger partial charge in [-0.2, -0.15) is 5.10 Å². The second-order valence-electron chi connectivity index (χ2n) is 8.35. The van der Waals surface area contributed by atoms with Crippen LogP contribution in [0.4, 0.5) is 0 Å². The number of hydrogen-bond acceptors (Lipinski definition) is 4. The Bertz CT molecular complexity index is 1270. The average Bonchev–Trinajstić information content (AvgIpc) is 3.29. The van der Waals surface area contributed by atoms with Crippen molar-refractivity contribution in [2.75, 3.05) is 0 Å². The van der Waals surface area contributed by atoms with Gasteiger partial charge in [0.15, 0.2) is 5.65 Å². The number of furan rings is 1. The molecule has 0 bridgehead atoms. The number of fused-ring (bicyclic) bond motifs is 1. The van der Waals surface area contributed by atoms with E-state index in [0.29, 0.717) is 16.9 Å². The van der Waals surface area contributed by atoms with Gasteiger partial charge in [0.25, 0.3) is 5.91 Å². The van der Waals surface area contributed by atoms with Crippen molar-refractivity contribution in [3.63, 3.8) is 0 Å². The average molecular weight is 417 g/mol. The number of hydrogen-bond donors (Lipinski definition) is 1. The summed E-state index contributed by atoms with van der Waals surface area (Å²) in [5, 5.41) is 8.40. The first-order valence-corrected chi connectivity index (χ1v) is 10.6. The maximum absolute atomic E-state index is 13.4. The number of aryl methyl sites for hydroxylation is 3. The van der Waals surface area contributed by atoms with Gasteiger partial charge in [0.2, 0.25) is 0 Å². The first-order valence-electron chi connectivity index (χ1n) is 10.6. The molecule has 1 unspecified atom stereocenters. The highest BCUT2D eigenvalue weighted by atomic mass is 16.3. The first kappa shape index (κ1) is 20.8. The number of amides is 1. The predicted molar refractivity (Wildman–Crippen MR) is 122 cm³/mol. The minimum Gasteiger partial charge on any atom is -0.466 e. The fourth-order valence-corrected chi connectivity index (χ4v) is 4.03. The zero-order chi connectivity index (χ0) is 22.3. The summed E-state index contributed by atoms with van der Waals surface area (Å²) in [5.74, 6) is 1.44. The van der Waals surface area contributed by atoms with Crippen molar-refractivity contribution in [3.05, 3.63) is 70.8 Å². The quantitative estimate of drug-likeness (QED) is 0.454. The number of nitrogens with one attached hydrogen (secondary N) is 1. The minimum absolute atomic E-state index is 0.120. The monoisotopic (exact) mass is 416 g/mol. The SMILES string of the molecule is Cc1cc(-c2cc(C(=O)NC(C)c3ccccc3C)c3cnn(C(C)C)c3n2)c(C)o1. The van der Waals surface area contributed by atoms with Crippen molar-refractivity contribution >= 4 is 16.9 Å². The van der Waals surface area contributed by atoms with Gasteiger partial charge in [0.1, 0.15) is 11.5 Å². The third-order valence-corrected chi connectivity index (χ3v) is 5.62. The van der Waals surface area contributed by atoms with Crippen LogP contribution in [0.2, 0.25) is 0 Å². The van der Waals surface area contributed by atoms with Crippen LogP contribution in [-0.2, 0) is 0 Å². The molecule has 4 rings (SSSR count). The van der Waals surface area contributed by atoms with Crippen molar-refractivity contribution < 1.29 is 9.21 Å². The lowest BCUT2D eigenvalue weighted by molar-refractivity contribution is 0.0941. The fourth-order valence-electron chi connectivity index (χ4n) is 4.03. The Morgan fingerprint density at radius 1 is 1.10 bits per heavy atom. The molecule has 160 valence electrons. The molecule has 1 N–H and O–H groups in total. The van der Waals surface area contributed by atoms with Crippen LogP contribution in [0.15, 0.2) is 47.0 Å². The predicted octanol–water partition coefficient (Wildman–Crippen LogP) is 5.69. The van der Waals surface area contributed by atoms with Gasteiger partial charge in [-0.15, -0.1) is 0 Å². The smallest absolute Gasteiger partial charge is 0.252 e. The van der Waals surface area contributed by atoms with E-state index in [2.05, 4.69) is 23.4 Å². The summed E-state index contributed by atoms with van der Waals surface area (Å²) in [6.45, 7) is 12.0. The molecule has 4 aromatic rings. The molecule has 0 radical (unpaired) electrons. The number of nitrogens with zero attached hydrogens (tertiary/aromatic N) is 3. The molecule has 6 nitrogen and oxygen atoms in total. The number of benzene rings is 1. The van der Waals surface area contributed by atoms with Gasteiger partial charge in [-0.3, -0.25) is 4.79 Å². The van der Waals surface area contributed by atoms with Crippen molar-refractivity contribution in [1.82, 2.24) is 20.1 Å². The molecule has 1 amide bonds. The van der Waals surface area contributed by atoms with Gasteiger partial charge in [0, 0.05) is 11.6 Å². The third-order valence-electron chi connectivity index (χ3n) is 5.62. The topological polar surface area (TPSA) is 73.0 Å². The number of carbonyl (C=O) groups excluding carboxylic acids is 1. The van der Waals surface area contributed by atoms with Crippen LogP contribution in [0, 0.1) is 20.8 Å². The molecule has 3 aromatic heterocycles. The zero-order valence-electron chi connectivity index (χ0n) is 18.9. The summed E-state index contributed by atoms with van der Waals surface area (Å²) in [5.41, 5.74) is 5.09. The van der Waals surface area contributed by atoms with Crippen molar-refractivity contribution in [2.45, 2.75) is 53.6 Å². The summed E-state index contributed by atoms with van der Waals surface area (Å²) in [6, 6.07) is 11.9. The van der Waals surface area contributed by atoms with E-state index < -0.39 is 0 Å². The Morgan fingerprint density at radius 2 is 1.84 bits per heavy atom. The van der Waals surface area contributed by atoms with E-state index in [1.54, 1.807) is 6.20 Å². The maximum atomic E-state index is 13.4. The van der Waals surface area contributed by atoms with Crippen molar-refractivity contribution in [1.29, 1.82) is 0 Å². The number of pyridine rings is 1. The van der Waals surface area contributed by atoms with Crippen molar-refractivity contribution in [2.24, 2.45) is 0 Å². The molecule has 0 saturated heterocycles. The maximum Gasteiger partial charge on any atom is 0.252 e. The van der Waals surface area contributed by atoms with Crippen LogP contribution in [0.25, 0.3) is 22.3 Å². The lowest BCUT2D eigenvalue weighted by atomic mass is 10.0. The van der Waals surface area contributed by atoms with E-state index in [-0.39, 0.29) is 18.0 Å². The van der Waals surface area contributed by atoms with Crippen LogP contribution in [0.5, 0.6) is 0 Å². The summed E-state index contributed by atoms with van der Waals surface area (Å²) < 4.78 is 7.56. The highest BCUT2D eigenvalue weighted by Gasteiger charge is 2.21. The molecular weight excluding hydrogens is 388 g/mol. The normalized spacial score (nSPS) is 12.5. The Labute approximate surface area is 182 Å². The summed E-state index contributed by atoms with van der Waals surface area (Å²) >= 11 is 0. The van der Waals surface area contributed by atoms with Crippen LogP contribution in [-0.4, -0.2) is 20.7 Å². The van der Waals surface area contributed by atoms with Gasteiger partial charge in [0.05, 0.1) is 28.9 Å². The van der Waals surface area contributed by atoms with Crippen molar-refractivity contribution in [3.8, 4) is 11.3 Å². The summed E-state index contributed by atoms with van der Waals surface area (Å²) in [7, 11) is 0. The van der Waals surface area contributed by atoms with E-state index in [0.717, 1.165) is 33.6 Å². The van der Waals surface area contributed by atoms with Gasteiger partial charge in [-0.25, -0.2) is 9.67 Å². The van der Waals surface area contributed by atoms with Crippen LogP contribution in [0.3, 0.4) is 0 Å². The van der Waals surface area contributed by atoms with E-state index in [1.165, 1.54) is 0 Å². The number of aromatic nitrogens is 3. The standard InChI is InChI=1S/C25H28N4O2/c1-14(2)29-24-22(13-26-29)21(12-23(28-24)20-11-16(4)31-18(20)6)25(30)27-17(5)19-10-8-7-9-15(19)3/h7-14,17H,1-6H3,(H,27,30). The highest BCUT2D eigenvalue weighted by Crippen LogP contribution is 2.30. The van der Waals surface area contributed by atoms with Crippen LogP contribution in [0.1, 0.15) is 65.9 Å². The van der Waals surface area contributed by atoms with Gasteiger partial charge >= 0.3 is 0 Å². The minimum atomic E-state index is -0.148. The van der Waals surface area contributed by atoms with Crippen LogP contribution < -0.4 is 5.32 Å². The summed E-state index contributed by atoms with van der Waals surface area (Å²) in [6.07, 6.45) is 1.73. The zero-order valence-corrected chi connectivity index (χ0v) is 18.9.